The normalized spacial score (nSPS) is 17.3. The van der Waals surface area contributed by atoms with Gasteiger partial charge in [-0.2, -0.15) is 13.2 Å². The second kappa shape index (κ2) is 15.5. The summed E-state index contributed by atoms with van der Waals surface area (Å²) in [4.78, 5) is 23.2. The topological polar surface area (TPSA) is 122 Å². The number of rotatable bonds is 11. The number of anilines is 1. The van der Waals surface area contributed by atoms with Crippen LogP contribution in [0.15, 0.2) is 108 Å². The number of alkyl halides is 3. The molecular formula is C40H43F3N4O5S2Si. The number of aromatic nitrogens is 2. The molecule has 0 saturated carbocycles. The van der Waals surface area contributed by atoms with Gasteiger partial charge < -0.3 is 9.53 Å². The van der Waals surface area contributed by atoms with Crippen molar-refractivity contribution in [2.45, 2.75) is 87.4 Å². The number of carbonyl (C=O) groups is 1. The summed E-state index contributed by atoms with van der Waals surface area (Å²) in [7, 11) is -6.25. The Morgan fingerprint density at radius 1 is 0.982 bits per heavy atom. The quantitative estimate of drug-likeness (QED) is 0.127. The largest absolute Gasteiger partial charge is 0.465 e. The number of sulfonamides is 1. The third-order valence-electron chi connectivity index (χ3n) is 10.5. The van der Waals surface area contributed by atoms with Crippen molar-refractivity contribution < 1.29 is 35.9 Å². The molecule has 9 nitrogen and oxygen atoms in total. The van der Waals surface area contributed by atoms with Crippen molar-refractivity contribution in [3.8, 4) is 21.8 Å². The molecule has 2 aromatic heterocycles. The third-order valence-corrected chi connectivity index (χ3v) is 17.2. The predicted molar refractivity (Wildman–Crippen MR) is 211 cm³/mol. The highest BCUT2D eigenvalue weighted by atomic mass is 32.2. The molecule has 15 heteroatoms. The Bertz CT molecular complexity index is 2210. The number of benzene rings is 3. The van der Waals surface area contributed by atoms with Crippen molar-refractivity contribution in [1.82, 2.24) is 14.9 Å². The number of amides is 1. The fraction of sp³-hybridized carbons (Fsp3) is 0.325. The van der Waals surface area contributed by atoms with Gasteiger partial charge in [0.1, 0.15) is 5.01 Å². The van der Waals surface area contributed by atoms with Gasteiger partial charge in [0.05, 0.1) is 28.3 Å². The van der Waals surface area contributed by atoms with Crippen LogP contribution in [0.5, 0.6) is 0 Å². The number of likely N-dealkylation sites (tertiary alicyclic amines) is 1. The summed E-state index contributed by atoms with van der Waals surface area (Å²) in [5.74, 6) is 0. The summed E-state index contributed by atoms with van der Waals surface area (Å²) in [6, 6.07) is 21.0. The van der Waals surface area contributed by atoms with Crippen LogP contribution < -0.4 is 4.72 Å². The van der Waals surface area contributed by atoms with E-state index in [2.05, 4.69) is 48.6 Å². The van der Waals surface area contributed by atoms with Gasteiger partial charge in [-0.3, -0.25) is 14.6 Å². The molecule has 0 radical (unpaired) electrons. The third kappa shape index (κ3) is 9.12. The monoisotopic (exact) mass is 808 g/mol. The second-order valence-electron chi connectivity index (χ2n) is 15.2. The highest BCUT2D eigenvalue weighted by Crippen LogP contribution is 2.44. The maximum absolute atomic E-state index is 13.3. The average molecular weight is 809 g/mol. The van der Waals surface area contributed by atoms with Crippen molar-refractivity contribution in [2.75, 3.05) is 4.72 Å². The summed E-state index contributed by atoms with van der Waals surface area (Å²) < 4.78 is 75.0. The van der Waals surface area contributed by atoms with E-state index in [1.165, 1.54) is 40.5 Å². The molecule has 3 atom stereocenters. The van der Waals surface area contributed by atoms with Gasteiger partial charge in [-0.15, -0.1) is 11.3 Å². The molecule has 0 bridgehead atoms. The molecule has 3 heterocycles. The van der Waals surface area contributed by atoms with E-state index < -0.39 is 48.3 Å². The van der Waals surface area contributed by atoms with Crippen LogP contribution in [0.2, 0.25) is 18.1 Å². The van der Waals surface area contributed by atoms with E-state index >= 15 is 0 Å². The van der Waals surface area contributed by atoms with Crippen LogP contribution in [0.4, 0.5) is 23.7 Å². The number of hydrogen-bond donors (Lipinski definition) is 2. The van der Waals surface area contributed by atoms with E-state index in [0.29, 0.717) is 46.8 Å². The summed E-state index contributed by atoms with van der Waals surface area (Å²) in [6.45, 7) is 10.8. The van der Waals surface area contributed by atoms with Crippen LogP contribution in [0.1, 0.15) is 56.4 Å². The minimum atomic E-state index is -4.43. The first-order valence-electron chi connectivity index (χ1n) is 17.8. The smallest absolute Gasteiger partial charge is 0.416 e. The van der Waals surface area contributed by atoms with E-state index in [4.69, 9.17) is 4.43 Å². The van der Waals surface area contributed by atoms with E-state index in [0.717, 1.165) is 23.3 Å². The second-order valence-corrected chi connectivity index (χ2v) is 22.5. The van der Waals surface area contributed by atoms with Crippen LogP contribution in [-0.4, -0.2) is 54.9 Å². The molecule has 6 rings (SSSR count). The van der Waals surface area contributed by atoms with E-state index in [1.54, 1.807) is 54.2 Å². The summed E-state index contributed by atoms with van der Waals surface area (Å²) in [6.07, 6.45) is -0.722. The lowest BCUT2D eigenvalue weighted by Gasteiger charge is -2.42. The van der Waals surface area contributed by atoms with Gasteiger partial charge in [-0.25, -0.2) is 18.2 Å². The number of nitrogens with one attached hydrogen (secondary N) is 1. The minimum absolute atomic E-state index is 0.0389. The first-order chi connectivity index (χ1) is 25.8. The lowest BCUT2D eigenvalue weighted by atomic mass is 10.0. The molecular weight excluding hydrogens is 766 g/mol. The van der Waals surface area contributed by atoms with E-state index in [1.807, 2.05) is 12.1 Å². The average Bonchev–Trinajstić information content (AvgIpc) is 3.79. The maximum atomic E-state index is 13.3. The zero-order valence-corrected chi connectivity index (χ0v) is 33.7. The first-order valence-corrected chi connectivity index (χ1v) is 23.0. The maximum Gasteiger partial charge on any atom is 0.416 e. The van der Waals surface area contributed by atoms with Crippen molar-refractivity contribution in [1.29, 1.82) is 0 Å². The highest BCUT2D eigenvalue weighted by molar-refractivity contribution is 7.92. The molecule has 2 N–H and O–H groups in total. The molecule has 290 valence electrons. The van der Waals surface area contributed by atoms with Crippen molar-refractivity contribution >= 4 is 41.5 Å². The van der Waals surface area contributed by atoms with Crippen molar-refractivity contribution in [2.24, 2.45) is 0 Å². The van der Waals surface area contributed by atoms with Crippen LogP contribution in [0.3, 0.4) is 0 Å². The Hall–Kier alpha value is -4.57. The minimum Gasteiger partial charge on any atom is -0.465 e. The fourth-order valence-corrected chi connectivity index (χ4v) is 9.63. The van der Waals surface area contributed by atoms with Crippen molar-refractivity contribution in [3.05, 3.63) is 119 Å². The number of halogens is 3. The van der Waals surface area contributed by atoms with Gasteiger partial charge in [0, 0.05) is 40.6 Å². The zero-order chi connectivity index (χ0) is 39.8. The standard InChI is InChI=1S/C40H43F3N4O5S2Si/c1-39(2,3)55(4,5)52-36(29-7-6-22-44-24-29)35-21-18-32(47(35)38(48)49)23-26-8-16-31(17-9-26)46-54(50,51)33-19-12-28(13-20-33)37-45-34(25-53-37)27-10-14-30(15-11-27)40(41,42)43/h6-17,19-20,22,24-25,32,35-36,46H,18,21,23H2,1-5H3,(H,48,49)/t32-,35+,36+/m0/s1. The van der Waals surface area contributed by atoms with Crippen LogP contribution >= 0.6 is 11.3 Å². The first kappa shape index (κ1) is 40.1. The van der Waals surface area contributed by atoms with Crippen LogP contribution in [-0.2, 0) is 27.0 Å². The molecule has 1 aliphatic rings. The van der Waals surface area contributed by atoms with Crippen LogP contribution in [0, 0.1) is 0 Å². The van der Waals surface area contributed by atoms with Crippen molar-refractivity contribution in [3.63, 3.8) is 0 Å². The van der Waals surface area contributed by atoms with Gasteiger partial charge in [0.25, 0.3) is 10.0 Å². The molecule has 1 amide bonds. The molecule has 0 spiro atoms. The summed E-state index contributed by atoms with van der Waals surface area (Å²) in [5.41, 5.74) is 3.05. The molecule has 0 aliphatic carbocycles. The molecule has 1 saturated heterocycles. The molecule has 0 unspecified atom stereocenters. The molecule has 55 heavy (non-hydrogen) atoms. The molecule has 1 fully saturated rings. The molecule has 5 aromatic rings. The number of pyridine rings is 1. The Morgan fingerprint density at radius 2 is 1.64 bits per heavy atom. The lowest BCUT2D eigenvalue weighted by molar-refractivity contribution is -0.137. The Balaban J connectivity index is 1.11. The number of carboxylic acid groups (broad SMARTS) is 1. The Labute approximate surface area is 324 Å². The molecule has 3 aromatic carbocycles. The van der Waals surface area contributed by atoms with Crippen LogP contribution in [0.25, 0.3) is 21.8 Å². The van der Waals surface area contributed by atoms with Gasteiger partial charge in [0.2, 0.25) is 0 Å². The number of hydrogen-bond acceptors (Lipinski definition) is 7. The molecule has 1 aliphatic heterocycles. The Kier molecular flexibility index (Phi) is 11.3. The fourth-order valence-electron chi connectivity index (χ4n) is 6.46. The van der Waals surface area contributed by atoms with Gasteiger partial charge >= 0.3 is 12.3 Å². The SMILES string of the molecule is CC(C)(C)[Si](C)(C)O[C@H](c1cccnc1)[C@H]1CC[C@@H](Cc2ccc(NS(=O)(=O)c3ccc(-c4nc(-c5ccc(C(F)(F)F)cc5)cs4)cc3)cc2)N1C(=O)O. The van der Waals surface area contributed by atoms with E-state index in [9.17, 15) is 31.5 Å². The summed E-state index contributed by atoms with van der Waals surface area (Å²) >= 11 is 1.30. The lowest BCUT2D eigenvalue weighted by Crippen LogP contribution is -2.49. The highest BCUT2D eigenvalue weighted by Gasteiger charge is 2.47. The van der Waals surface area contributed by atoms with E-state index in [-0.39, 0.29) is 16.0 Å². The summed E-state index contributed by atoms with van der Waals surface area (Å²) in [5, 5.41) is 12.7. The number of thiazole rings is 1. The van der Waals surface area contributed by atoms with Gasteiger partial charge in [0.15, 0.2) is 8.32 Å². The van der Waals surface area contributed by atoms with Gasteiger partial charge in [-0.1, -0.05) is 63.2 Å². The number of nitrogens with zero attached hydrogens (tertiary/aromatic N) is 3. The predicted octanol–water partition coefficient (Wildman–Crippen LogP) is 10.5. The zero-order valence-electron chi connectivity index (χ0n) is 31.0. The Morgan fingerprint density at radius 3 is 2.22 bits per heavy atom. The van der Waals surface area contributed by atoms with Gasteiger partial charge in [-0.05, 0) is 91.0 Å².